The molecule has 2 aliphatic heterocycles. The Balaban J connectivity index is 1.51. The molecule has 10 nitrogen and oxygen atoms in total. The summed E-state index contributed by atoms with van der Waals surface area (Å²) in [7, 11) is 2.85. The normalized spacial score (nSPS) is 17.5. The fraction of sp³-hybridized carbons (Fsp3) is 0.393. The van der Waals surface area contributed by atoms with Gasteiger partial charge in [-0.3, -0.25) is 4.99 Å². The van der Waals surface area contributed by atoms with E-state index in [4.69, 9.17) is 30.8 Å². The minimum Gasteiger partial charge on any atom is -0.465 e. The van der Waals surface area contributed by atoms with Crippen LogP contribution in [0.5, 0.6) is 0 Å². The van der Waals surface area contributed by atoms with Gasteiger partial charge in [-0.2, -0.15) is 0 Å². The SMILES string of the molecule is CCOC(=O)C1=C(C2CCN(c3nc(COC)c(C(=O)OC)s3)CC2)NC(c2nccs2)=NC1c1ccc(F)c(F)c1Cl. The number of benzene rings is 1. The van der Waals surface area contributed by atoms with Crippen LogP contribution < -0.4 is 10.2 Å². The van der Waals surface area contributed by atoms with Crippen molar-refractivity contribution in [2.75, 3.05) is 38.8 Å². The molecule has 1 aromatic carbocycles. The lowest BCUT2D eigenvalue weighted by molar-refractivity contribution is -0.139. The lowest BCUT2D eigenvalue weighted by atomic mass is 9.85. The van der Waals surface area contributed by atoms with E-state index in [1.54, 1.807) is 18.5 Å². The molecule has 0 aliphatic carbocycles. The van der Waals surface area contributed by atoms with Crippen molar-refractivity contribution >= 4 is 57.2 Å². The zero-order valence-electron chi connectivity index (χ0n) is 23.5. The van der Waals surface area contributed by atoms with Gasteiger partial charge in [0.25, 0.3) is 0 Å². The maximum absolute atomic E-state index is 14.6. The molecule has 0 radical (unpaired) electrons. The van der Waals surface area contributed by atoms with E-state index in [9.17, 15) is 18.4 Å². The van der Waals surface area contributed by atoms with Gasteiger partial charge in [-0.05, 0) is 25.8 Å². The Labute approximate surface area is 259 Å². The summed E-state index contributed by atoms with van der Waals surface area (Å²) in [5.41, 5.74) is 1.39. The van der Waals surface area contributed by atoms with E-state index in [-0.39, 0.29) is 30.3 Å². The minimum absolute atomic E-state index is 0.103. The summed E-state index contributed by atoms with van der Waals surface area (Å²) in [6.45, 7) is 3.08. The Morgan fingerprint density at radius 3 is 2.60 bits per heavy atom. The van der Waals surface area contributed by atoms with Gasteiger partial charge in [0.05, 0.1) is 36.6 Å². The Morgan fingerprint density at radius 2 is 1.95 bits per heavy atom. The van der Waals surface area contributed by atoms with Gasteiger partial charge < -0.3 is 24.4 Å². The average molecular weight is 652 g/mol. The number of methoxy groups -OCH3 is 2. The first kappa shape index (κ1) is 31.0. The van der Waals surface area contributed by atoms with E-state index in [2.05, 4.69) is 20.2 Å². The number of nitrogens with one attached hydrogen (secondary N) is 1. The first-order valence-corrected chi connectivity index (χ1v) is 15.5. The number of thiazole rings is 2. The van der Waals surface area contributed by atoms with Crippen molar-refractivity contribution in [2.24, 2.45) is 10.9 Å². The Hall–Kier alpha value is -3.46. The number of hydrogen-bond acceptors (Lipinski definition) is 12. The van der Waals surface area contributed by atoms with Gasteiger partial charge in [-0.15, -0.1) is 11.3 Å². The number of aliphatic imine (C=N–C) groups is 1. The highest BCUT2D eigenvalue weighted by Gasteiger charge is 2.38. The lowest BCUT2D eigenvalue weighted by Crippen LogP contribution is -2.41. The third kappa shape index (κ3) is 6.28. The first-order valence-electron chi connectivity index (χ1n) is 13.4. The number of amidine groups is 1. The van der Waals surface area contributed by atoms with Crippen molar-refractivity contribution < 1.29 is 32.6 Å². The summed E-state index contributed by atoms with van der Waals surface area (Å²) < 4.78 is 44.2. The standard InChI is InChI=1S/C28H28ClF2N5O5S2/c1-4-41-26(37)18-21(14-7-10-36(11-8-14)28-33-17(13-39-2)23(43-28)27(38)40-3)34-24(25-32-9-12-42-25)35-22(18)15-5-6-16(30)20(31)19(15)29/h5-6,9,12,14,22H,4,7-8,10-11,13H2,1-3H3,(H,34,35). The van der Waals surface area contributed by atoms with Crippen molar-refractivity contribution in [1.29, 1.82) is 0 Å². The maximum Gasteiger partial charge on any atom is 0.350 e. The van der Waals surface area contributed by atoms with Gasteiger partial charge in [-0.1, -0.05) is 29.0 Å². The van der Waals surface area contributed by atoms with Gasteiger partial charge in [-0.25, -0.2) is 28.3 Å². The number of aromatic nitrogens is 2. The second-order valence-electron chi connectivity index (χ2n) is 9.61. The molecular formula is C28H28ClF2N5O5S2. The van der Waals surface area contributed by atoms with Gasteiger partial charge in [0.1, 0.15) is 10.9 Å². The zero-order chi connectivity index (χ0) is 30.7. The molecule has 4 heterocycles. The summed E-state index contributed by atoms with van der Waals surface area (Å²) in [5.74, 6) is -3.20. The number of halogens is 3. The van der Waals surface area contributed by atoms with Crippen LogP contribution in [0.3, 0.4) is 0 Å². The number of esters is 2. The van der Waals surface area contributed by atoms with E-state index in [1.807, 2.05) is 0 Å². The van der Waals surface area contributed by atoms with Gasteiger partial charge in [0, 0.05) is 49.0 Å². The monoisotopic (exact) mass is 651 g/mol. The molecule has 0 bridgehead atoms. The Bertz CT molecular complexity index is 1570. The molecule has 0 amide bonds. The number of allylic oxidation sites excluding steroid dienone is 1. The van der Waals surface area contributed by atoms with E-state index in [0.29, 0.717) is 58.2 Å². The number of nitrogens with zero attached hydrogens (tertiary/aromatic N) is 4. The Morgan fingerprint density at radius 1 is 1.19 bits per heavy atom. The maximum atomic E-state index is 14.6. The molecule has 0 saturated carbocycles. The number of rotatable bonds is 9. The van der Waals surface area contributed by atoms with Crippen LogP contribution in [0, 0.1) is 17.6 Å². The fourth-order valence-corrected chi connectivity index (χ4v) is 6.95. The lowest BCUT2D eigenvalue weighted by Gasteiger charge is -2.36. The summed E-state index contributed by atoms with van der Waals surface area (Å²) in [6.07, 6.45) is 2.82. The summed E-state index contributed by atoms with van der Waals surface area (Å²) in [4.78, 5) is 42.0. The molecule has 1 atom stereocenters. The highest BCUT2D eigenvalue weighted by molar-refractivity contribution is 7.17. The number of hydrogen-bond donors (Lipinski definition) is 1. The molecule has 3 aromatic rings. The molecule has 43 heavy (non-hydrogen) atoms. The highest BCUT2D eigenvalue weighted by Crippen LogP contribution is 2.41. The quantitative estimate of drug-likeness (QED) is 0.243. The van der Waals surface area contributed by atoms with E-state index < -0.39 is 34.6 Å². The number of carbonyl (C=O) groups is 2. The smallest absolute Gasteiger partial charge is 0.350 e. The van der Waals surface area contributed by atoms with E-state index >= 15 is 0 Å². The number of carbonyl (C=O) groups excluding carboxylic acids is 2. The van der Waals surface area contributed by atoms with Gasteiger partial charge >= 0.3 is 11.9 Å². The zero-order valence-corrected chi connectivity index (χ0v) is 25.9. The van der Waals surface area contributed by atoms with Crippen LogP contribution in [0.25, 0.3) is 0 Å². The molecule has 15 heteroatoms. The molecule has 2 aromatic heterocycles. The van der Waals surface area contributed by atoms with Crippen molar-refractivity contribution in [3.63, 3.8) is 0 Å². The van der Waals surface area contributed by atoms with Crippen LogP contribution in [0.1, 0.15) is 51.7 Å². The van der Waals surface area contributed by atoms with Gasteiger partial charge in [0.2, 0.25) is 0 Å². The van der Waals surface area contributed by atoms with E-state index in [0.717, 1.165) is 6.07 Å². The van der Waals surface area contributed by atoms with Crippen molar-refractivity contribution in [3.05, 3.63) is 72.8 Å². The second-order valence-corrected chi connectivity index (χ2v) is 11.9. The molecule has 2 aliphatic rings. The molecule has 1 unspecified atom stereocenters. The number of anilines is 1. The van der Waals surface area contributed by atoms with E-state index in [1.165, 1.54) is 43.0 Å². The molecule has 1 saturated heterocycles. The summed E-state index contributed by atoms with van der Waals surface area (Å²) in [5, 5.41) is 5.88. The molecule has 228 valence electrons. The van der Waals surface area contributed by atoms with Crippen molar-refractivity contribution in [2.45, 2.75) is 32.4 Å². The molecule has 5 rings (SSSR count). The predicted octanol–water partition coefficient (Wildman–Crippen LogP) is 5.29. The predicted molar refractivity (Wildman–Crippen MR) is 159 cm³/mol. The molecule has 1 fully saturated rings. The summed E-state index contributed by atoms with van der Waals surface area (Å²) >= 11 is 8.88. The second kappa shape index (κ2) is 13.5. The topological polar surface area (TPSA) is 115 Å². The van der Waals surface area contributed by atoms with Crippen LogP contribution in [-0.2, 0) is 25.6 Å². The van der Waals surface area contributed by atoms with Gasteiger partial charge in [0.15, 0.2) is 27.6 Å². The third-order valence-electron chi connectivity index (χ3n) is 7.08. The van der Waals surface area contributed by atoms with Crippen LogP contribution in [0.2, 0.25) is 5.02 Å². The Kier molecular flexibility index (Phi) is 9.69. The highest BCUT2D eigenvalue weighted by atomic mass is 35.5. The van der Waals surface area contributed by atoms with Crippen LogP contribution in [-0.4, -0.2) is 61.7 Å². The van der Waals surface area contributed by atoms with Crippen LogP contribution in [0.4, 0.5) is 13.9 Å². The molecule has 0 spiro atoms. The third-order valence-corrected chi connectivity index (χ3v) is 9.38. The largest absolute Gasteiger partial charge is 0.465 e. The first-order chi connectivity index (χ1) is 20.8. The molecular weight excluding hydrogens is 624 g/mol. The van der Waals surface area contributed by atoms with Crippen LogP contribution >= 0.6 is 34.3 Å². The fourth-order valence-electron chi connectivity index (χ4n) is 5.07. The molecule has 1 N–H and O–H groups in total. The van der Waals surface area contributed by atoms with Crippen molar-refractivity contribution in [1.82, 2.24) is 15.3 Å². The minimum atomic E-state index is -1.22. The summed E-state index contributed by atoms with van der Waals surface area (Å²) in [6, 6.07) is 1.23. The number of ether oxygens (including phenoxy) is 3. The van der Waals surface area contributed by atoms with Crippen LogP contribution in [0.15, 0.2) is 40.0 Å². The average Bonchev–Trinajstić information content (AvgIpc) is 3.71. The van der Waals surface area contributed by atoms with Crippen molar-refractivity contribution in [3.8, 4) is 0 Å². The number of piperidine rings is 1.